The molecular formula is C14H20N2O3. The van der Waals surface area contributed by atoms with Crippen molar-refractivity contribution in [2.24, 2.45) is 30.8 Å². The van der Waals surface area contributed by atoms with Gasteiger partial charge in [-0.05, 0) is 10.8 Å². The molecule has 5 nitrogen and oxygen atoms in total. The average molecular weight is 264 g/mol. The van der Waals surface area contributed by atoms with Gasteiger partial charge in [0.15, 0.2) is 5.78 Å². The number of hydrogen-bond donors (Lipinski definition) is 0. The van der Waals surface area contributed by atoms with Crippen LogP contribution in [0.4, 0.5) is 0 Å². The van der Waals surface area contributed by atoms with E-state index in [4.69, 9.17) is 0 Å². The van der Waals surface area contributed by atoms with Gasteiger partial charge >= 0.3 is 5.69 Å². The van der Waals surface area contributed by atoms with E-state index in [-0.39, 0.29) is 28.1 Å². The minimum absolute atomic E-state index is 0.105. The number of nitrogens with zero attached hydrogens (tertiary/aromatic N) is 2. The van der Waals surface area contributed by atoms with E-state index in [1.807, 2.05) is 27.7 Å². The molecule has 1 aliphatic rings. The molecule has 104 valence electrons. The first-order valence-corrected chi connectivity index (χ1v) is 6.34. The van der Waals surface area contributed by atoms with Crippen molar-refractivity contribution in [3.05, 3.63) is 32.6 Å². The van der Waals surface area contributed by atoms with Crippen molar-refractivity contribution in [3.8, 4) is 0 Å². The summed E-state index contributed by atoms with van der Waals surface area (Å²) in [6.07, 6.45) is 1.36. The maximum absolute atomic E-state index is 12.5. The molecule has 0 radical (unpaired) electrons. The van der Waals surface area contributed by atoms with Gasteiger partial charge in [-0.3, -0.25) is 14.2 Å². The van der Waals surface area contributed by atoms with Crippen LogP contribution in [0.1, 0.15) is 38.1 Å². The van der Waals surface area contributed by atoms with Gasteiger partial charge in [-0.25, -0.2) is 4.79 Å². The van der Waals surface area contributed by atoms with Crippen molar-refractivity contribution in [1.29, 1.82) is 0 Å². The molecule has 0 amide bonds. The molecule has 1 aromatic rings. The third kappa shape index (κ3) is 1.64. The fourth-order valence-electron chi connectivity index (χ4n) is 2.98. The lowest BCUT2D eigenvalue weighted by atomic mass is 10.0. The summed E-state index contributed by atoms with van der Waals surface area (Å²) in [5, 5.41) is 0. The monoisotopic (exact) mass is 264 g/mol. The lowest BCUT2D eigenvalue weighted by Gasteiger charge is -2.06. The Labute approximate surface area is 111 Å². The number of aryl methyl sites for hydroxylation is 1. The maximum Gasteiger partial charge on any atom is 0.330 e. The Hall–Kier alpha value is -1.65. The van der Waals surface area contributed by atoms with E-state index in [1.165, 1.54) is 17.8 Å². The molecule has 1 aliphatic carbocycles. The molecule has 1 fully saturated rings. The quantitative estimate of drug-likeness (QED) is 0.747. The normalized spacial score (nSPS) is 20.3. The second-order valence-electron chi connectivity index (χ2n) is 6.54. The molecule has 19 heavy (non-hydrogen) atoms. The van der Waals surface area contributed by atoms with Crippen LogP contribution in [0.2, 0.25) is 0 Å². The summed E-state index contributed by atoms with van der Waals surface area (Å²) in [7, 11) is 2.94. The molecule has 0 bridgehead atoms. The molecule has 0 aliphatic heterocycles. The van der Waals surface area contributed by atoms with Gasteiger partial charge in [-0.15, -0.1) is 0 Å². The van der Waals surface area contributed by atoms with Gasteiger partial charge in [0, 0.05) is 26.2 Å². The third-order valence-corrected chi connectivity index (χ3v) is 4.99. The minimum atomic E-state index is -0.508. The van der Waals surface area contributed by atoms with E-state index in [2.05, 4.69) is 0 Å². The van der Waals surface area contributed by atoms with Crippen molar-refractivity contribution in [2.75, 3.05) is 0 Å². The highest BCUT2D eigenvalue weighted by molar-refractivity contribution is 6.00. The van der Waals surface area contributed by atoms with Gasteiger partial charge < -0.3 is 4.57 Å². The third-order valence-electron chi connectivity index (χ3n) is 4.99. The lowest BCUT2D eigenvalue weighted by molar-refractivity contribution is 0.0942. The summed E-state index contributed by atoms with van der Waals surface area (Å²) in [4.78, 5) is 36.2. The highest BCUT2D eigenvalue weighted by Gasteiger charge is 2.68. The van der Waals surface area contributed by atoms with Crippen molar-refractivity contribution in [2.45, 2.75) is 27.7 Å². The second-order valence-corrected chi connectivity index (χ2v) is 6.54. The first-order chi connectivity index (χ1) is 8.53. The number of rotatable bonds is 2. The average Bonchev–Trinajstić information content (AvgIpc) is 2.71. The zero-order valence-corrected chi connectivity index (χ0v) is 12.3. The first kappa shape index (κ1) is 13.8. The molecular weight excluding hydrogens is 244 g/mol. The Morgan fingerprint density at radius 2 is 1.58 bits per heavy atom. The minimum Gasteiger partial charge on any atom is -0.303 e. The van der Waals surface area contributed by atoms with E-state index in [9.17, 15) is 14.4 Å². The summed E-state index contributed by atoms with van der Waals surface area (Å²) in [6, 6.07) is 0. The Kier molecular flexibility index (Phi) is 2.67. The Morgan fingerprint density at radius 1 is 1.11 bits per heavy atom. The van der Waals surface area contributed by atoms with Gasteiger partial charge in [0.1, 0.15) is 0 Å². The van der Waals surface area contributed by atoms with E-state index in [0.717, 1.165) is 4.57 Å². The molecule has 2 rings (SSSR count). The summed E-state index contributed by atoms with van der Waals surface area (Å²) in [6.45, 7) is 8.12. The SMILES string of the molecule is Cn1cc(C(=O)C2C(C)(C)C2(C)C)c(=O)n(C)c1=O. The van der Waals surface area contributed by atoms with E-state index >= 15 is 0 Å². The summed E-state index contributed by atoms with van der Waals surface area (Å²) in [5.74, 6) is -0.337. The number of carbonyl (C=O) groups is 1. The van der Waals surface area contributed by atoms with Gasteiger partial charge in [0.2, 0.25) is 0 Å². The largest absolute Gasteiger partial charge is 0.330 e. The highest BCUT2D eigenvalue weighted by Crippen LogP contribution is 2.69. The van der Waals surface area contributed by atoms with Crippen LogP contribution in [0.15, 0.2) is 15.8 Å². The van der Waals surface area contributed by atoms with Crippen LogP contribution in [0, 0.1) is 16.7 Å². The topological polar surface area (TPSA) is 61.1 Å². The van der Waals surface area contributed by atoms with Crippen LogP contribution in [0.25, 0.3) is 0 Å². The molecule has 0 unspecified atom stereocenters. The van der Waals surface area contributed by atoms with Crippen LogP contribution in [-0.4, -0.2) is 14.9 Å². The number of aromatic nitrogens is 2. The number of Topliss-reactive ketones (excluding diaryl/α,β-unsaturated/α-hetero) is 1. The van der Waals surface area contributed by atoms with Crippen molar-refractivity contribution >= 4 is 5.78 Å². The van der Waals surface area contributed by atoms with E-state index < -0.39 is 11.2 Å². The molecule has 1 saturated carbocycles. The Bertz CT molecular complexity index is 663. The second kappa shape index (κ2) is 3.68. The molecule has 0 N–H and O–H groups in total. The first-order valence-electron chi connectivity index (χ1n) is 6.34. The van der Waals surface area contributed by atoms with E-state index in [1.54, 1.807) is 7.05 Å². The molecule has 0 aromatic carbocycles. The van der Waals surface area contributed by atoms with Gasteiger partial charge in [0.25, 0.3) is 5.56 Å². The predicted octanol–water partition coefficient (Wildman–Crippen LogP) is 0.949. The lowest BCUT2D eigenvalue weighted by Crippen LogP contribution is -2.40. The van der Waals surface area contributed by atoms with Crippen LogP contribution in [0.3, 0.4) is 0 Å². The standard InChI is InChI=1S/C14H20N2O3/c1-13(2)10(14(13,3)4)9(17)8-7-15(5)12(19)16(6)11(8)18/h7,10H,1-6H3. The van der Waals surface area contributed by atoms with Gasteiger partial charge in [0.05, 0.1) is 5.56 Å². The van der Waals surface area contributed by atoms with E-state index in [0.29, 0.717) is 0 Å². The zero-order chi connectivity index (χ0) is 14.7. The van der Waals surface area contributed by atoms with Crippen molar-refractivity contribution in [3.63, 3.8) is 0 Å². The van der Waals surface area contributed by atoms with Gasteiger partial charge in [-0.1, -0.05) is 27.7 Å². The maximum atomic E-state index is 12.5. The molecule has 1 heterocycles. The summed E-state index contributed by atoms with van der Waals surface area (Å²) >= 11 is 0. The number of ketones is 1. The van der Waals surface area contributed by atoms with Crippen molar-refractivity contribution < 1.29 is 4.79 Å². The molecule has 0 spiro atoms. The smallest absolute Gasteiger partial charge is 0.303 e. The molecule has 5 heteroatoms. The number of carbonyl (C=O) groups excluding carboxylic acids is 1. The summed E-state index contributed by atoms with van der Waals surface area (Å²) in [5.41, 5.74) is -1.07. The highest BCUT2D eigenvalue weighted by atomic mass is 16.2. The Balaban J connectivity index is 2.55. The van der Waals surface area contributed by atoms with Crippen LogP contribution < -0.4 is 11.2 Å². The van der Waals surface area contributed by atoms with Gasteiger partial charge in [-0.2, -0.15) is 0 Å². The summed E-state index contributed by atoms with van der Waals surface area (Å²) < 4.78 is 2.26. The van der Waals surface area contributed by atoms with Crippen LogP contribution in [-0.2, 0) is 14.1 Å². The fraction of sp³-hybridized carbons (Fsp3) is 0.643. The fourth-order valence-corrected chi connectivity index (χ4v) is 2.98. The number of hydrogen-bond acceptors (Lipinski definition) is 3. The predicted molar refractivity (Wildman–Crippen MR) is 72.3 cm³/mol. The molecule has 0 atom stereocenters. The van der Waals surface area contributed by atoms with Crippen LogP contribution >= 0.6 is 0 Å². The van der Waals surface area contributed by atoms with Crippen molar-refractivity contribution in [1.82, 2.24) is 9.13 Å². The Morgan fingerprint density at radius 3 is 2.00 bits per heavy atom. The zero-order valence-electron chi connectivity index (χ0n) is 12.3. The molecule has 0 saturated heterocycles. The molecule has 1 aromatic heterocycles. The van der Waals surface area contributed by atoms with Crippen LogP contribution in [0.5, 0.6) is 0 Å².